The first-order valence-corrected chi connectivity index (χ1v) is 6.07. The summed E-state index contributed by atoms with van der Waals surface area (Å²) in [5, 5.41) is 0.179. The zero-order chi connectivity index (χ0) is 13.4. The van der Waals surface area contributed by atoms with Gasteiger partial charge < -0.3 is 9.15 Å². The largest absolute Gasteiger partial charge is 0.497 e. The maximum atomic E-state index is 5.94. The number of aromatic nitrogens is 3. The van der Waals surface area contributed by atoms with Gasteiger partial charge in [0.05, 0.1) is 7.11 Å². The molecule has 0 aliphatic carbocycles. The van der Waals surface area contributed by atoms with Crippen LogP contribution in [0.3, 0.4) is 0 Å². The van der Waals surface area contributed by atoms with E-state index in [1.165, 1.54) is 0 Å². The topological polar surface area (TPSA) is 61.0 Å². The molecular weight excluding hydrogens is 289 g/mol. The van der Waals surface area contributed by atoms with Crippen LogP contribution < -0.4 is 4.74 Å². The summed E-state index contributed by atoms with van der Waals surface area (Å²) >= 11 is 11.7. The van der Waals surface area contributed by atoms with Crippen LogP contribution in [0, 0.1) is 0 Å². The first-order chi connectivity index (χ1) is 9.17. The van der Waals surface area contributed by atoms with Gasteiger partial charge in [-0.15, -0.1) is 0 Å². The first-order valence-electron chi connectivity index (χ1n) is 5.31. The van der Waals surface area contributed by atoms with E-state index < -0.39 is 0 Å². The number of nitrogens with zero attached hydrogens (tertiary/aromatic N) is 3. The average Bonchev–Trinajstić information content (AvgIpc) is 2.83. The molecule has 0 spiro atoms. The monoisotopic (exact) mass is 295 g/mol. The van der Waals surface area contributed by atoms with Crippen molar-refractivity contribution in [2.24, 2.45) is 0 Å². The standard InChI is InChI=1S/C12H7Cl2N3O2/c1-18-7-4-2-3-6(5-7)10-15-8-9(13)16-12(14)17-11(8)19-10/h2-5H,1H3. The third-order valence-corrected chi connectivity index (χ3v) is 2.94. The molecule has 5 nitrogen and oxygen atoms in total. The lowest BCUT2D eigenvalue weighted by Gasteiger charge is -2.00. The SMILES string of the molecule is COc1cccc(-c2nc3c(Cl)nc(Cl)nc3o2)c1. The van der Waals surface area contributed by atoms with Crippen molar-refractivity contribution in [2.75, 3.05) is 7.11 Å². The van der Waals surface area contributed by atoms with Crippen molar-refractivity contribution < 1.29 is 9.15 Å². The molecule has 3 rings (SSSR count). The van der Waals surface area contributed by atoms with Crippen LogP contribution in [0.1, 0.15) is 0 Å². The van der Waals surface area contributed by atoms with Crippen LogP contribution in [0.2, 0.25) is 10.4 Å². The molecule has 0 saturated carbocycles. The zero-order valence-electron chi connectivity index (χ0n) is 9.72. The van der Waals surface area contributed by atoms with Crippen molar-refractivity contribution in [1.82, 2.24) is 15.0 Å². The molecule has 0 radical (unpaired) electrons. The van der Waals surface area contributed by atoms with Gasteiger partial charge in [0.25, 0.3) is 5.71 Å². The molecule has 0 bridgehead atoms. The number of ether oxygens (including phenoxy) is 1. The lowest BCUT2D eigenvalue weighted by atomic mass is 10.2. The molecule has 0 unspecified atom stereocenters. The first kappa shape index (κ1) is 12.2. The summed E-state index contributed by atoms with van der Waals surface area (Å²) in [6.07, 6.45) is 0. The Morgan fingerprint density at radius 1 is 1.16 bits per heavy atom. The number of halogens is 2. The summed E-state index contributed by atoms with van der Waals surface area (Å²) in [7, 11) is 1.59. The van der Waals surface area contributed by atoms with Crippen molar-refractivity contribution in [3.05, 3.63) is 34.7 Å². The van der Waals surface area contributed by atoms with Gasteiger partial charge in [0.15, 0.2) is 10.7 Å². The highest BCUT2D eigenvalue weighted by Crippen LogP contribution is 2.29. The lowest BCUT2D eigenvalue weighted by molar-refractivity contribution is 0.415. The predicted molar refractivity (Wildman–Crippen MR) is 71.6 cm³/mol. The fourth-order valence-corrected chi connectivity index (χ4v) is 2.05. The van der Waals surface area contributed by atoms with Crippen LogP contribution in [0.4, 0.5) is 0 Å². The summed E-state index contributed by atoms with van der Waals surface area (Å²) in [5.74, 6) is 1.09. The smallest absolute Gasteiger partial charge is 0.253 e. The maximum absolute atomic E-state index is 5.94. The number of methoxy groups -OCH3 is 1. The van der Waals surface area contributed by atoms with Crippen molar-refractivity contribution in [3.8, 4) is 17.2 Å². The van der Waals surface area contributed by atoms with Gasteiger partial charge in [-0.1, -0.05) is 17.7 Å². The number of benzene rings is 1. The molecule has 2 heterocycles. The molecule has 0 N–H and O–H groups in total. The molecule has 7 heteroatoms. The van der Waals surface area contributed by atoms with Crippen LogP contribution in [-0.2, 0) is 0 Å². The Morgan fingerprint density at radius 3 is 2.79 bits per heavy atom. The van der Waals surface area contributed by atoms with Crippen molar-refractivity contribution in [1.29, 1.82) is 0 Å². The van der Waals surface area contributed by atoms with Crippen molar-refractivity contribution in [2.45, 2.75) is 0 Å². The Kier molecular flexibility index (Phi) is 3.00. The highest BCUT2D eigenvalue weighted by atomic mass is 35.5. The van der Waals surface area contributed by atoms with Gasteiger partial charge in [0.1, 0.15) is 5.75 Å². The fourth-order valence-electron chi connectivity index (χ4n) is 1.64. The van der Waals surface area contributed by atoms with Crippen molar-refractivity contribution in [3.63, 3.8) is 0 Å². The van der Waals surface area contributed by atoms with Gasteiger partial charge in [0.2, 0.25) is 11.2 Å². The van der Waals surface area contributed by atoms with Crippen LogP contribution in [-0.4, -0.2) is 22.1 Å². The predicted octanol–water partition coefficient (Wildman–Crippen LogP) is 3.60. The van der Waals surface area contributed by atoms with E-state index in [1.54, 1.807) is 13.2 Å². The van der Waals surface area contributed by atoms with Gasteiger partial charge in [-0.05, 0) is 29.8 Å². The molecule has 2 aromatic heterocycles. The number of oxazole rings is 1. The van der Waals surface area contributed by atoms with Gasteiger partial charge in [-0.3, -0.25) is 0 Å². The van der Waals surface area contributed by atoms with E-state index in [0.29, 0.717) is 17.2 Å². The van der Waals surface area contributed by atoms with Crippen LogP contribution in [0.15, 0.2) is 28.7 Å². The van der Waals surface area contributed by atoms with Gasteiger partial charge in [-0.25, -0.2) is 9.97 Å². The second-order valence-electron chi connectivity index (χ2n) is 3.69. The van der Waals surface area contributed by atoms with E-state index >= 15 is 0 Å². The second-order valence-corrected chi connectivity index (χ2v) is 4.38. The summed E-state index contributed by atoms with van der Waals surface area (Å²) in [6.45, 7) is 0. The number of hydrogen-bond acceptors (Lipinski definition) is 5. The minimum absolute atomic E-state index is 0.0193. The quantitative estimate of drug-likeness (QED) is 0.534. The van der Waals surface area contributed by atoms with Crippen LogP contribution in [0.5, 0.6) is 5.75 Å². The molecule has 3 aromatic rings. The molecule has 0 saturated heterocycles. The van der Waals surface area contributed by atoms with Gasteiger partial charge in [0, 0.05) is 5.56 Å². The minimum Gasteiger partial charge on any atom is -0.497 e. The van der Waals surface area contributed by atoms with E-state index in [0.717, 1.165) is 5.56 Å². The Bertz CT molecular complexity index is 758. The summed E-state index contributed by atoms with van der Waals surface area (Å²) in [5.41, 5.74) is 1.39. The molecule has 0 amide bonds. The molecule has 0 fully saturated rings. The molecule has 19 heavy (non-hydrogen) atoms. The molecule has 0 aliphatic heterocycles. The Morgan fingerprint density at radius 2 is 2.00 bits per heavy atom. The number of rotatable bonds is 2. The third-order valence-electron chi connectivity index (χ3n) is 2.51. The van der Waals surface area contributed by atoms with E-state index in [-0.39, 0.29) is 16.2 Å². The van der Waals surface area contributed by atoms with Crippen LogP contribution >= 0.6 is 23.2 Å². The second kappa shape index (κ2) is 4.68. The summed E-state index contributed by atoms with van der Waals surface area (Å²) in [4.78, 5) is 12.0. The summed E-state index contributed by atoms with van der Waals surface area (Å²) < 4.78 is 10.7. The molecule has 96 valence electrons. The Balaban J connectivity index is 2.17. The van der Waals surface area contributed by atoms with Gasteiger partial charge in [-0.2, -0.15) is 4.98 Å². The van der Waals surface area contributed by atoms with E-state index in [9.17, 15) is 0 Å². The lowest BCUT2D eigenvalue weighted by Crippen LogP contribution is -1.84. The van der Waals surface area contributed by atoms with Crippen LogP contribution in [0.25, 0.3) is 22.7 Å². The number of fused-ring (bicyclic) bond motifs is 1. The Labute approximate surface area is 118 Å². The van der Waals surface area contributed by atoms with E-state index in [4.69, 9.17) is 32.4 Å². The van der Waals surface area contributed by atoms with E-state index in [2.05, 4.69) is 15.0 Å². The number of hydrogen-bond donors (Lipinski definition) is 0. The molecule has 0 aliphatic rings. The van der Waals surface area contributed by atoms with Crippen molar-refractivity contribution >= 4 is 34.4 Å². The summed E-state index contributed by atoms with van der Waals surface area (Å²) in [6, 6.07) is 7.31. The average molecular weight is 296 g/mol. The highest BCUT2D eigenvalue weighted by Gasteiger charge is 2.14. The maximum Gasteiger partial charge on any atom is 0.253 e. The Hall–Kier alpha value is -1.85. The molecular formula is C12H7Cl2N3O2. The zero-order valence-corrected chi connectivity index (χ0v) is 11.2. The molecule has 1 aromatic carbocycles. The normalized spacial score (nSPS) is 10.9. The highest BCUT2D eigenvalue weighted by molar-refractivity contribution is 6.35. The van der Waals surface area contributed by atoms with E-state index in [1.807, 2.05) is 18.2 Å². The molecule has 0 atom stereocenters. The fraction of sp³-hybridized carbons (Fsp3) is 0.0833. The van der Waals surface area contributed by atoms with Gasteiger partial charge >= 0.3 is 0 Å². The third kappa shape index (κ3) is 2.22. The minimum atomic E-state index is 0.0193.